The normalized spacial score (nSPS) is 11.6. The van der Waals surface area contributed by atoms with Crippen molar-refractivity contribution >= 4 is 27.7 Å². The van der Waals surface area contributed by atoms with Crippen molar-refractivity contribution in [3.05, 3.63) is 64.5 Å². The van der Waals surface area contributed by atoms with Crippen molar-refractivity contribution in [1.29, 1.82) is 0 Å². The Morgan fingerprint density at radius 3 is 2.62 bits per heavy atom. The number of hydrogen-bond donors (Lipinski definition) is 1. The number of hydrazone groups is 1. The van der Waals surface area contributed by atoms with Gasteiger partial charge in [-0.15, -0.1) is 0 Å². The summed E-state index contributed by atoms with van der Waals surface area (Å²) in [5.41, 5.74) is 1.51. The molecule has 0 atom stereocenters. The maximum Gasteiger partial charge on any atom is 0.269 e. The molecule has 0 bridgehead atoms. The van der Waals surface area contributed by atoms with E-state index in [1.807, 2.05) is 6.07 Å². The summed E-state index contributed by atoms with van der Waals surface area (Å²) >= 11 is 0. The van der Waals surface area contributed by atoms with Crippen LogP contribution in [0.2, 0.25) is 0 Å². The van der Waals surface area contributed by atoms with E-state index in [2.05, 4.69) is 5.10 Å². The molecule has 1 N–H and O–H groups in total. The summed E-state index contributed by atoms with van der Waals surface area (Å²) in [6.07, 6.45) is 5.52. The molecule has 26 heavy (non-hydrogen) atoms. The Morgan fingerprint density at radius 2 is 2.00 bits per heavy atom. The van der Waals surface area contributed by atoms with Gasteiger partial charge in [0.15, 0.2) is 12.4 Å². The van der Waals surface area contributed by atoms with Crippen molar-refractivity contribution in [3.8, 4) is 0 Å². The van der Waals surface area contributed by atoms with E-state index in [-0.39, 0.29) is 11.4 Å². The average molecular weight is 379 g/mol. The number of nitro benzene ring substituents is 1. The maximum absolute atomic E-state index is 10.7. The lowest BCUT2D eigenvalue weighted by Crippen LogP contribution is -2.34. The molecule has 10 heteroatoms. The number of benzene rings is 1. The van der Waals surface area contributed by atoms with E-state index in [0.29, 0.717) is 18.7 Å². The van der Waals surface area contributed by atoms with Gasteiger partial charge < -0.3 is 0 Å². The van der Waals surface area contributed by atoms with Gasteiger partial charge in [-0.25, -0.2) is 4.57 Å². The minimum Gasteiger partial charge on any atom is -0.286 e. The van der Waals surface area contributed by atoms with Crippen LogP contribution >= 0.6 is 0 Å². The molecular weight excluding hydrogens is 360 g/mol. The molecule has 0 saturated heterocycles. The predicted octanol–water partition coefficient (Wildman–Crippen LogP) is 1.63. The van der Waals surface area contributed by atoms with Gasteiger partial charge in [0.1, 0.15) is 6.54 Å². The predicted molar refractivity (Wildman–Crippen MR) is 96.8 cm³/mol. The molecule has 0 aliphatic carbocycles. The summed E-state index contributed by atoms with van der Waals surface area (Å²) in [6.45, 7) is 0.444. The van der Waals surface area contributed by atoms with Gasteiger partial charge in [0.25, 0.3) is 15.8 Å². The molecule has 0 fully saturated rings. The molecule has 1 aromatic heterocycles. The molecule has 0 spiro atoms. The van der Waals surface area contributed by atoms with Gasteiger partial charge in [0.2, 0.25) is 0 Å². The summed E-state index contributed by atoms with van der Waals surface area (Å²) in [5, 5.41) is 16.5. The van der Waals surface area contributed by atoms with Crippen molar-refractivity contribution in [2.75, 3.05) is 17.8 Å². The quantitative estimate of drug-likeness (QED) is 0.245. The average Bonchev–Trinajstić information content (AvgIpc) is 2.59. The molecule has 1 heterocycles. The molecule has 2 rings (SSSR count). The molecule has 9 nitrogen and oxygen atoms in total. The second-order valence-electron chi connectivity index (χ2n) is 5.56. The fourth-order valence-corrected chi connectivity index (χ4v) is 2.69. The lowest BCUT2D eigenvalue weighted by atomic mass is 10.3. The topological polar surface area (TPSA) is 117 Å². The molecule has 0 radical (unpaired) electrons. The highest BCUT2D eigenvalue weighted by atomic mass is 32.2. The fourth-order valence-electron chi connectivity index (χ4n) is 2.20. The first kappa shape index (κ1) is 19.5. The van der Waals surface area contributed by atoms with E-state index in [1.165, 1.54) is 12.1 Å². The van der Waals surface area contributed by atoms with E-state index in [9.17, 15) is 18.5 Å². The number of pyridine rings is 1. The third kappa shape index (κ3) is 6.22. The molecule has 138 valence electrons. The largest absolute Gasteiger partial charge is 0.286 e. The Morgan fingerprint density at radius 1 is 1.31 bits per heavy atom. The Labute approximate surface area is 151 Å². The van der Waals surface area contributed by atoms with E-state index < -0.39 is 15.0 Å². The number of aryl methyl sites for hydroxylation is 1. The smallest absolute Gasteiger partial charge is 0.269 e. The van der Waals surface area contributed by atoms with Crippen molar-refractivity contribution in [2.24, 2.45) is 5.10 Å². The highest BCUT2D eigenvalue weighted by Crippen LogP contribution is 2.18. The van der Waals surface area contributed by atoms with E-state index >= 15 is 0 Å². The third-order valence-corrected chi connectivity index (χ3v) is 4.32. The van der Waals surface area contributed by atoms with E-state index in [1.54, 1.807) is 53.4 Å². The minimum atomic E-state index is -3.95. The summed E-state index contributed by atoms with van der Waals surface area (Å²) in [7, 11) is -2.23. The van der Waals surface area contributed by atoms with Crippen LogP contribution in [0.5, 0.6) is 0 Å². The summed E-state index contributed by atoms with van der Waals surface area (Å²) in [4.78, 5) is 10.2. The van der Waals surface area contributed by atoms with Gasteiger partial charge in [-0.2, -0.15) is 13.5 Å². The van der Waals surface area contributed by atoms with Gasteiger partial charge in [-0.3, -0.25) is 19.7 Å². The van der Waals surface area contributed by atoms with Crippen LogP contribution < -0.4 is 9.58 Å². The van der Waals surface area contributed by atoms with Crippen molar-refractivity contribution in [2.45, 2.75) is 13.0 Å². The minimum absolute atomic E-state index is 0.0140. The molecular formula is C16H19N4O5S+. The highest BCUT2D eigenvalue weighted by Gasteiger charge is 2.08. The van der Waals surface area contributed by atoms with Crippen LogP contribution in [0, 0.1) is 10.1 Å². The number of nitrogens with zero attached hydrogens (tertiary/aromatic N) is 4. The number of anilines is 1. The number of rotatable bonds is 8. The summed E-state index contributed by atoms with van der Waals surface area (Å²) in [5.74, 6) is -0.290. The molecule has 0 aliphatic heterocycles. The lowest BCUT2D eigenvalue weighted by Gasteiger charge is -2.12. The fraction of sp³-hybridized carbons (Fsp3) is 0.250. The van der Waals surface area contributed by atoms with Crippen LogP contribution in [0.25, 0.3) is 0 Å². The van der Waals surface area contributed by atoms with Crippen molar-refractivity contribution < 1.29 is 22.5 Å². The van der Waals surface area contributed by atoms with Crippen LogP contribution in [0.15, 0.2) is 53.9 Å². The van der Waals surface area contributed by atoms with Gasteiger partial charge in [0, 0.05) is 31.7 Å². The van der Waals surface area contributed by atoms with Gasteiger partial charge in [-0.05, 0) is 18.2 Å². The van der Waals surface area contributed by atoms with Gasteiger partial charge >= 0.3 is 0 Å². The van der Waals surface area contributed by atoms with Crippen LogP contribution in [0.3, 0.4) is 0 Å². The molecule has 0 saturated carbocycles. The van der Waals surface area contributed by atoms with Crippen LogP contribution in [-0.4, -0.2) is 36.9 Å². The van der Waals surface area contributed by atoms with Gasteiger partial charge in [0.05, 0.1) is 28.1 Å². The van der Waals surface area contributed by atoms with E-state index in [4.69, 9.17) is 4.55 Å². The number of aromatic nitrogens is 1. The van der Waals surface area contributed by atoms with Gasteiger partial charge in [-0.1, -0.05) is 0 Å². The number of non-ortho nitro benzene ring substituents is 1. The van der Waals surface area contributed by atoms with Crippen molar-refractivity contribution in [3.63, 3.8) is 0 Å². The first-order valence-corrected chi connectivity index (χ1v) is 9.32. The zero-order valence-corrected chi connectivity index (χ0v) is 14.9. The van der Waals surface area contributed by atoms with Crippen LogP contribution in [0.1, 0.15) is 12.0 Å². The third-order valence-electron chi connectivity index (χ3n) is 3.51. The summed E-state index contributed by atoms with van der Waals surface area (Å²) in [6, 6.07) is 9.68. The Balaban J connectivity index is 2.00. The van der Waals surface area contributed by atoms with Crippen LogP contribution in [-0.2, 0) is 16.7 Å². The molecule has 2 aromatic rings. The van der Waals surface area contributed by atoms with E-state index in [0.717, 1.165) is 5.56 Å². The zero-order chi connectivity index (χ0) is 19.2. The van der Waals surface area contributed by atoms with Crippen molar-refractivity contribution in [1.82, 2.24) is 0 Å². The first-order valence-electron chi connectivity index (χ1n) is 7.71. The standard InChI is InChI=1S/C16H18N4O5S/c1-18(15-5-7-16(8-6-15)20(21)22)17-12-14-4-2-9-19(13-14)10-3-11-26(23,24)25/h2,4-9,12-13H,3,10-11H2,1H3/p+1/b17-12+. The number of nitro groups is 1. The molecule has 1 aromatic carbocycles. The Hall–Kier alpha value is -2.85. The first-order chi connectivity index (χ1) is 12.2. The van der Waals surface area contributed by atoms with Crippen LogP contribution in [0.4, 0.5) is 11.4 Å². The second-order valence-corrected chi connectivity index (χ2v) is 7.13. The lowest BCUT2D eigenvalue weighted by molar-refractivity contribution is -0.696. The molecule has 0 amide bonds. The summed E-state index contributed by atoms with van der Waals surface area (Å²) < 4.78 is 32.0. The Bertz CT molecular complexity index is 897. The second kappa shape index (κ2) is 8.50. The Kier molecular flexibility index (Phi) is 6.36. The zero-order valence-electron chi connectivity index (χ0n) is 14.1. The molecule has 0 unspecified atom stereocenters. The highest BCUT2D eigenvalue weighted by molar-refractivity contribution is 7.85. The molecule has 0 aliphatic rings. The maximum atomic E-state index is 10.7. The monoisotopic (exact) mass is 379 g/mol. The SMILES string of the molecule is CN(/N=C/c1ccc[n+](CCCS(=O)(=O)O)c1)c1ccc([N+](=O)[O-])cc1. The number of hydrogen-bond acceptors (Lipinski definition) is 6.